The number of anilines is 3. The molecule has 0 fully saturated rings. The normalized spacial score (nSPS) is 10.2. The summed E-state index contributed by atoms with van der Waals surface area (Å²) < 4.78 is 0. The molecule has 0 spiro atoms. The summed E-state index contributed by atoms with van der Waals surface area (Å²) in [6.07, 6.45) is 0.371. The van der Waals surface area contributed by atoms with Crippen LogP contribution in [0, 0.1) is 11.3 Å². The van der Waals surface area contributed by atoms with Crippen molar-refractivity contribution < 1.29 is 4.79 Å². The number of aromatic nitrogens is 2. The Morgan fingerprint density at radius 1 is 1.14 bits per heavy atom. The number of carbonyl (C=O) groups is 1. The number of hydrogen-bond acceptors (Lipinski definition) is 5. The van der Waals surface area contributed by atoms with Crippen LogP contribution in [0.15, 0.2) is 53.3 Å². The minimum atomic E-state index is -0.549. The van der Waals surface area contributed by atoms with Crippen molar-refractivity contribution in [2.24, 2.45) is 0 Å². The Hall–Kier alpha value is -3.63. The quantitative estimate of drug-likeness (QED) is 0.605. The molecule has 1 amide bonds. The lowest BCUT2D eigenvalue weighted by atomic mass is 10.1. The van der Waals surface area contributed by atoms with Crippen molar-refractivity contribution in [3.8, 4) is 17.3 Å². The lowest BCUT2D eigenvalue weighted by Gasteiger charge is -2.10. The van der Waals surface area contributed by atoms with Gasteiger partial charge in [0.1, 0.15) is 11.6 Å². The van der Waals surface area contributed by atoms with Crippen LogP contribution in [0.3, 0.4) is 0 Å². The fourth-order valence-corrected chi connectivity index (χ4v) is 2.60. The first-order valence-corrected chi connectivity index (χ1v) is 8.85. The maximum atomic E-state index is 12.3. The van der Waals surface area contributed by atoms with Gasteiger partial charge in [0.05, 0.1) is 5.69 Å². The zero-order chi connectivity index (χ0) is 20.1. The summed E-state index contributed by atoms with van der Waals surface area (Å²) in [4.78, 5) is 30.8. The van der Waals surface area contributed by atoms with Crippen molar-refractivity contribution in [2.45, 2.75) is 13.3 Å². The van der Waals surface area contributed by atoms with E-state index in [1.54, 1.807) is 55.5 Å². The first-order chi connectivity index (χ1) is 13.5. The van der Waals surface area contributed by atoms with Crippen LogP contribution in [-0.4, -0.2) is 15.9 Å². The Kier molecular flexibility index (Phi) is 5.72. The summed E-state index contributed by atoms with van der Waals surface area (Å²) in [5, 5.41) is 15.7. The van der Waals surface area contributed by atoms with Crippen LogP contribution in [-0.2, 0) is 4.79 Å². The molecule has 140 valence electrons. The van der Waals surface area contributed by atoms with E-state index < -0.39 is 5.56 Å². The number of nitriles is 1. The number of amides is 1. The SMILES string of the molecule is CCC(=O)Nc1ccc(-c2nc(Nc3ccc(Cl)cc3)[nH]c(=O)c2C#N)cc1. The summed E-state index contributed by atoms with van der Waals surface area (Å²) in [5.74, 6) is 0.0962. The van der Waals surface area contributed by atoms with E-state index >= 15 is 0 Å². The Labute approximate surface area is 166 Å². The van der Waals surface area contributed by atoms with Crippen molar-refractivity contribution in [1.29, 1.82) is 5.26 Å². The van der Waals surface area contributed by atoms with Gasteiger partial charge in [0, 0.05) is 28.4 Å². The second-order valence-electron chi connectivity index (χ2n) is 5.86. The average molecular weight is 394 g/mol. The van der Waals surface area contributed by atoms with Crippen LogP contribution >= 0.6 is 11.6 Å². The van der Waals surface area contributed by atoms with Crippen LogP contribution in [0.2, 0.25) is 5.02 Å². The highest BCUT2D eigenvalue weighted by atomic mass is 35.5. The Bertz CT molecular complexity index is 1100. The number of rotatable bonds is 5. The van der Waals surface area contributed by atoms with Gasteiger partial charge in [-0.1, -0.05) is 30.7 Å². The third kappa shape index (κ3) is 4.37. The zero-order valence-corrected chi connectivity index (χ0v) is 15.7. The molecule has 0 saturated heterocycles. The maximum Gasteiger partial charge on any atom is 0.270 e. The minimum Gasteiger partial charge on any atom is -0.326 e. The van der Waals surface area contributed by atoms with E-state index in [1.807, 2.05) is 6.07 Å². The van der Waals surface area contributed by atoms with Crippen LogP contribution in [0.4, 0.5) is 17.3 Å². The molecular formula is C20H16ClN5O2. The molecule has 7 nitrogen and oxygen atoms in total. The van der Waals surface area contributed by atoms with Crippen LogP contribution in [0.1, 0.15) is 18.9 Å². The molecule has 1 heterocycles. The summed E-state index contributed by atoms with van der Waals surface area (Å²) >= 11 is 5.87. The number of benzene rings is 2. The van der Waals surface area contributed by atoms with Gasteiger partial charge in [-0.3, -0.25) is 14.6 Å². The summed E-state index contributed by atoms with van der Waals surface area (Å²) in [7, 11) is 0. The third-order valence-corrected chi connectivity index (χ3v) is 4.15. The number of carbonyl (C=O) groups excluding carboxylic acids is 1. The number of nitrogens with one attached hydrogen (secondary N) is 3. The van der Waals surface area contributed by atoms with Gasteiger partial charge in [-0.15, -0.1) is 0 Å². The van der Waals surface area contributed by atoms with Gasteiger partial charge in [0.15, 0.2) is 0 Å². The molecule has 0 atom stereocenters. The van der Waals surface area contributed by atoms with E-state index in [0.29, 0.717) is 28.4 Å². The molecule has 0 aliphatic carbocycles. The van der Waals surface area contributed by atoms with Gasteiger partial charge in [0.25, 0.3) is 5.56 Å². The Morgan fingerprint density at radius 3 is 2.39 bits per heavy atom. The van der Waals surface area contributed by atoms with Gasteiger partial charge < -0.3 is 10.6 Å². The Morgan fingerprint density at radius 2 is 1.79 bits per heavy atom. The second-order valence-corrected chi connectivity index (χ2v) is 6.30. The molecule has 3 aromatic rings. The van der Waals surface area contributed by atoms with Crippen molar-refractivity contribution in [3.05, 3.63) is 69.5 Å². The van der Waals surface area contributed by atoms with E-state index in [9.17, 15) is 14.9 Å². The van der Waals surface area contributed by atoms with E-state index in [-0.39, 0.29) is 23.1 Å². The summed E-state index contributed by atoms with van der Waals surface area (Å²) in [6.45, 7) is 1.76. The van der Waals surface area contributed by atoms with Gasteiger partial charge in [-0.25, -0.2) is 4.98 Å². The number of nitrogens with zero attached hydrogens (tertiary/aromatic N) is 2. The number of aromatic amines is 1. The molecule has 1 aromatic heterocycles. The van der Waals surface area contributed by atoms with Gasteiger partial charge in [-0.05, 0) is 36.4 Å². The molecule has 0 saturated carbocycles. The summed E-state index contributed by atoms with van der Waals surface area (Å²) in [5.41, 5.74) is 1.49. The third-order valence-electron chi connectivity index (χ3n) is 3.90. The standard InChI is InChI=1S/C20H16ClN5O2/c1-2-17(27)23-14-7-3-12(4-8-14)18-16(11-22)19(28)26-20(25-18)24-15-9-5-13(21)6-10-15/h3-10H,2H2,1H3,(H,23,27)(H2,24,25,26,28). The first-order valence-electron chi connectivity index (χ1n) is 8.47. The molecule has 0 aliphatic heterocycles. The number of hydrogen-bond donors (Lipinski definition) is 3. The molecule has 0 radical (unpaired) electrons. The molecule has 3 rings (SSSR count). The first kappa shape index (κ1) is 19.1. The molecular weight excluding hydrogens is 378 g/mol. The monoisotopic (exact) mass is 393 g/mol. The van der Waals surface area contributed by atoms with E-state index in [4.69, 9.17) is 11.6 Å². The Balaban J connectivity index is 1.96. The van der Waals surface area contributed by atoms with Gasteiger partial charge >= 0.3 is 0 Å². The molecule has 8 heteroatoms. The maximum absolute atomic E-state index is 12.3. The average Bonchev–Trinajstić information content (AvgIpc) is 2.70. The predicted molar refractivity (Wildman–Crippen MR) is 109 cm³/mol. The van der Waals surface area contributed by atoms with Crippen LogP contribution in [0.25, 0.3) is 11.3 Å². The summed E-state index contributed by atoms with van der Waals surface area (Å²) in [6, 6.07) is 15.6. The molecule has 0 aliphatic rings. The van der Waals surface area contributed by atoms with E-state index in [0.717, 1.165) is 0 Å². The molecule has 28 heavy (non-hydrogen) atoms. The fraction of sp³-hybridized carbons (Fsp3) is 0.100. The highest BCUT2D eigenvalue weighted by molar-refractivity contribution is 6.30. The number of halogens is 1. The largest absolute Gasteiger partial charge is 0.326 e. The van der Waals surface area contributed by atoms with Crippen LogP contribution in [0.5, 0.6) is 0 Å². The van der Waals surface area contributed by atoms with Crippen LogP contribution < -0.4 is 16.2 Å². The molecule has 2 aromatic carbocycles. The molecule has 0 unspecified atom stereocenters. The minimum absolute atomic E-state index is 0.0907. The lowest BCUT2D eigenvalue weighted by molar-refractivity contribution is -0.115. The van der Waals surface area contributed by atoms with Gasteiger partial charge in [-0.2, -0.15) is 5.26 Å². The van der Waals surface area contributed by atoms with Gasteiger partial charge in [0.2, 0.25) is 11.9 Å². The van der Waals surface area contributed by atoms with Crippen molar-refractivity contribution in [3.63, 3.8) is 0 Å². The second kappa shape index (κ2) is 8.37. The van der Waals surface area contributed by atoms with E-state index in [1.165, 1.54) is 0 Å². The predicted octanol–water partition coefficient (Wildman–Crippen LogP) is 4.05. The molecule has 0 bridgehead atoms. The highest BCUT2D eigenvalue weighted by Gasteiger charge is 2.14. The number of H-pyrrole nitrogens is 1. The topological polar surface area (TPSA) is 111 Å². The van der Waals surface area contributed by atoms with E-state index in [2.05, 4.69) is 20.6 Å². The smallest absolute Gasteiger partial charge is 0.270 e. The lowest BCUT2D eigenvalue weighted by Crippen LogP contribution is -2.16. The fourth-order valence-electron chi connectivity index (χ4n) is 2.48. The van der Waals surface area contributed by atoms with Crippen molar-refractivity contribution in [1.82, 2.24) is 9.97 Å². The highest BCUT2D eigenvalue weighted by Crippen LogP contribution is 2.23. The van der Waals surface area contributed by atoms with Crippen molar-refractivity contribution >= 4 is 34.8 Å². The van der Waals surface area contributed by atoms with Crippen molar-refractivity contribution in [2.75, 3.05) is 10.6 Å². The molecule has 3 N–H and O–H groups in total. The zero-order valence-electron chi connectivity index (χ0n) is 14.9.